The number of amides is 1. The van der Waals surface area contributed by atoms with Crippen molar-refractivity contribution < 1.29 is 4.79 Å². The highest BCUT2D eigenvalue weighted by Gasteiger charge is 2.08. The van der Waals surface area contributed by atoms with Gasteiger partial charge in [-0.3, -0.25) is 4.79 Å². The second-order valence-corrected chi connectivity index (χ2v) is 6.41. The summed E-state index contributed by atoms with van der Waals surface area (Å²) in [5.41, 5.74) is 3.20. The first kappa shape index (κ1) is 17.1. The lowest BCUT2D eigenvalue weighted by molar-refractivity contribution is 0.102. The summed E-state index contributed by atoms with van der Waals surface area (Å²) in [7, 11) is 0. The smallest absolute Gasteiger partial charge is 0.256 e. The van der Waals surface area contributed by atoms with Crippen molar-refractivity contribution in [3.63, 3.8) is 0 Å². The van der Waals surface area contributed by atoms with E-state index in [-0.39, 0.29) is 5.91 Å². The average Bonchev–Trinajstić information content (AvgIpc) is 2.64. The number of benzene rings is 1. The van der Waals surface area contributed by atoms with Gasteiger partial charge < -0.3 is 10.6 Å². The standard InChI is InChI=1S/C20H24N4O/c1-15-6-5-9-17(14-15)20(25)22-19-11-10-18(23-24-19)21-13-12-16-7-3-2-4-8-16/h5-7,9-11,14H,2-4,8,12-13H2,1H3,(H,21,23)(H,22,24,25). The highest BCUT2D eigenvalue weighted by molar-refractivity contribution is 6.03. The lowest BCUT2D eigenvalue weighted by Crippen LogP contribution is -2.14. The molecule has 1 aromatic carbocycles. The third-order valence-electron chi connectivity index (χ3n) is 4.32. The molecule has 1 aromatic heterocycles. The Morgan fingerprint density at radius 1 is 1.12 bits per heavy atom. The zero-order valence-corrected chi connectivity index (χ0v) is 14.6. The molecule has 0 fully saturated rings. The van der Waals surface area contributed by atoms with E-state index in [0.29, 0.717) is 11.4 Å². The van der Waals surface area contributed by atoms with Crippen LogP contribution in [0.5, 0.6) is 0 Å². The van der Waals surface area contributed by atoms with Gasteiger partial charge in [0.2, 0.25) is 0 Å². The van der Waals surface area contributed by atoms with Crippen LogP contribution < -0.4 is 10.6 Å². The van der Waals surface area contributed by atoms with E-state index in [9.17, 15) is 4.79 Å². The molecule has 1 heterocycles. The van der Waals surface area contributed by atoms with Crippen LogP contribution in [-0.4, -0.2) is 22.6 Å². The molecule has 5 nitrogen and oxygen atoms in total. The second kappa shape index (κ2) is 8.42. The molecule has 1 amide bonds. The van der Waals surface area contributed by atoms with Gasteiger partial charge in [-0.1, -0.05) is 29.3 Å². The van der Waals surface area contributed by atoms with Crippen molar-refractivity contribution in [2.24, 2.45) is 0 Å². The molecule has 0 bridgehead atoms. The Morgan fingerprint density at radius 2 is 1.96 bits per heavy atom. The monoisotopic (exact) mass is 336 g/mol. The van der Waals surface area contributed by atoms with Crippen LogP contribution in [0.15, 0.2) is 48.0 Å². The molecule has 0 spiro atoms. The topological polar surface area (TPSA) is 66.9 Å². The Morgan fingerprint density at radius 3 is 2.68 bits per heavy atom. The predicted molar refractivity (Wildman–Crippen MR) is 101 cm³/mol. The van der Waals surface area contributed by atoms with Gasteiger partial charge in [0, 0.05) is 12.1 Å². The minimum Gasteiger partial charge on any atom is -0.368 e. The molecule has 0 atom stereocenters. The van der Waals surface area contributed by atoms with Crippen LogP contribution in [-0.2, 0) is 0 Å². The minimum absolute atomic E-state index is 0.178. The SMILES string of the molecule is Cc1cccc(C(=O)Nc2ccc(NCCC3=CCCCC3)nn2)c1. The minimum atomic E-state index is -0.178. The number of carbonyl (C=O) groups excluding carboxylic acids is 1. The van der Waals surface area contributed by atoms with Crippen LogP contribution in [0.2, 0.25) is 0 Å². The highest BCUT2D eigenvalue weighted by atomic mass is 16.1. The van der Waals surface area contributed by atoms with E-state index < -0.39 is 0 Å². The maximum atomic E-state index is 12.2. The van der Waals surface area contributed by atoms with Gasteiger partial charge in [0.25, 0.3) is 5.91 Å². The Kier molecular flexibility index (Phi) is 5.77. The van der Waals surface area contributed by atoms with Crippen molar-refractivity contribution in [1.29, 1.82) is 0 Å². The fraction of sp³-hybridized carbons (Fsp3) is 0.350. The summed E-state index contributed by atoms with van der Waals surface area (Å²) in [4.78, 5) is 12.2. The maximum absolute atomic E-state index is 12.2. The number of rotatable bonds is 6. The van der Waals surface area contributed by atoms with E-state index in [4.69, 9.17) is 0 Å². The molecule has 3 rings (SSSR count). The first-order valence-electron chi connectivity index (χ1n) is 8.84. The van der Waals surface area contributed by atoms with E-state index in [0.717, 1.165) is 24.3 Å². The molecule has 130 valence electrons. The van der Waals surface area contributed by atoms with E-state index in [1.807, 2.05) is 31.2 Å². The Bertz CT molecular complexity index is 753. The van der Waals surface area contributed by atoms with Crippen molar-refractivity contribution >= 4 is 17.5 Å². The average molecular weight is 336 g/mol. The Hall–Kier alpha value is -2.69. The summed E-state index contributed by atoms with van der Waals surface area (Å²) in [5, 5.41) is 14.3. The van der Waals surface area contributed by atoms with Crippen molar-refractivity contribution in [3.05, 3.63) is 59.2 Å². The molecule has 0 saturated carbocycles. The second-order valence-electron chi connectivity index (χ2n) is 6.41. The van der Waals surface area contributed by atoms with Gasteiger partial charge in [0.1, 0.15) is 5.82 Å². The number of carbonyl (C=O) groups is 1. The van der Waals surface area contributed by atoms with Gasteiger partial charge >= 0.3 is 0 Å². The lowest BCUT2D eigenvalue weighted by Gasteiger charge is -2.13. The van der Waals surface area contributed by atoms with Crippen molar-refractivity contribution in [1.82, 2.24) is 10.2 Å². The van der Waals surface area contributed by atoms with Crippen LogP contribution in [0.1, 0.15) is 48.0 Å². The normalized spacial score (nSPS) is 13.9. The largest absolute Gasteiger partial charge is 0.368 e. The lowest BCUT2D eigenvalue weighted by atomic mass is 9.97. The molecule has 0 saturated heterocycles. The summed E-state index contributed by atoms with van der Waals surface area (Å²) < 4.78 is 0. The fourth-order valence-corrected chi connectivity index (χ4v) is 2.95. The molecule has 1 aliphatic carbocycles. The van der Waals surface area contributed by atoms with Gasteiger partial charge in [-0.15, -0.1) is 10.2 Å². The van der Waals surface area contributed by atoms with Gasteiger partial charge in [-0.05, 0) is 63.3 Å². The van der Waals surface area contributed by atoms with Crippen LogP contribution in [0.4, 0.5) is 11.6 Å². The summed E-state index contributed by atoms with van der Waals surface area (Å²) in [6.45, 7) is 2.82. The van der Waals surface area contributed by atoms with Crippen LogP contribution in [0, 0.1) is 6.92 Å². The molecule has 2 aromatic rings. The number of nitrogens with one attached hydrogen (secondary N) is 2. The van der Waals surface area contributed by atoms with E-state index >= 15 is 0 Å². The van der Waals surface area contributed by atoms with E-state index in [2.05, 4.69) is 26.9 Å². The Labute approximate surface area is 148 Å². The number of aryl methyl sites for hydroxylation is 1. The van der Waals surface area contributed by atoms with Crippen LogP contribution in [0.3, 0.4) is 0 Å². The van der Waals surface area contributed by atoms with Gasteiger partial charge in [0.15, 0.2) is 5.82 Å². The molecular weight excluding hydrogens is 312 g/mol. The molecule has 0 unspecified atom stereocenters. The number of allylic oxidation sites excluding steroid dienone is 1. The van der Waals surface area contributed by atoms with Gasteiger partial charge in [0.05, 0.1) is 0 Å². The summed E-state index contributed by atoms with van der Waals surface area (Å²) >= 11 is 0. The summed E-state index contributed by atoms with van der Waals surface area (Å²) in [6.07, 6.45) is 8.47. The van der Waals surface area contributed by atoms with Crippen molar-refractivity contribution in [2.75, 3.05) is 17.2 Å². The van der Waals surface area contributed by atoms with Crippen molar-refractivity contribution in [3.8, 4) is 0 Å². The molecule has 0 radical (unpaired) electrons. The third-order valence-corrected chi connectivity index (χ3v) is 4.32. The zero-order chi connectivity index (χ0) is 17.5. The van der Waals surface area contributed by atoms with Crippen molar-refractivity contribution in [2.45, 2.75) is 39.0 Å². The van der Waals surface area contributed by atoms with Crippen LogP contribution >= 0.6 is 0 Å². The summed E-state index contributed by atoms with van der Waals surface area (Å²) in [6, 6.07) is 11.1. The molecule has 5 heteroatoms. The number of anilines is 2. The summed E-state index contributed by atoms with van der Waals surface area (Å²) in [5.74, 6) is 1.000. The Balaban J connectivity index is 1.50. The first-order valence-corrected chi connectivity index (χ1v) is 8.84. The highest BCUT2D eigenvalue weighted by Crippen LogP contribution is 2.20. The molecule has 1 aliphatic rings. The number of hydrogen-bond acceptors (Lipinski definition) is 4. The molecule has 25 heavy (non-hydrogen) atoms. The van der Waals surface area contributed by atoms with Gasteiger partial charge in [-0.25, -0.2) is 0 Å². The van der Waals surface area contributed by atoms with Crippen LogP contribution in [0.25, 0.3) is 0 Å². The maximum Gasteiger partial charge on any atom is 0.256 e. The number of hydrogen-bond donors (Lipinski definition) is 2. The number of nitrogens with zero attached hydrogens (tertiary/aromatic N) is 2. The molecule has 2 N–H and O–H groups in total. The predicted octanol–water partition coefficient (Wildman–Crippen LogP) is 4.34. The quantitative estimate of drug-likeness (QED) is 0.770. The number of aromatic nitrogens is 2. The van der Waals surface area contributed by atoms with E-state index in [1.165, 1.54) is 31.3 Å². The van der Waals surface area contributed by atoms with E-state index in [1.54, 1.807) is 12.1 Å². The zero-order valence-electron chi connectivity index (χ0n) is 14.6. The molecule has 0 aliphatic heterocycles. The molecular formula is C20H24N4O. The third kappa shape index (κ3) is 5.14. The fourth-order valence-electron chi connectivity index (χ4n) is 2.95. The first-order chi connectivity index (χ1) is 12.2. The van der Waals surface area contributed by atoms with Gasteiger partial charge in [-0.2, -0.15) is 0 Å².